The van der Waals surface area contributed by atoms with E-state index in [9.17, 15) is 9.59 Å². The molecular weight excluding hydrogens is 358 g/mol. The number of piperidine rings is 1. The molecule has 0 saturated carbocycles. The molecule has 0 radical (unpaired) electrons. The molecule has 1 fully saturated rings. The quantitative estimate of drug-likeness (QED) is 0.718. The Labute approximate surface area is 161 Å². The minimum absolute atomic E-state index is 0.0117. The fraction of sp³-hybridized carbons (Fsp3) is 0.316. The van der Waals surface area contributed by atoms with E-state index in [-0.39, 0.29) is 17.7 Å². The maximum atomic E-state index is 12.7. The van der Waals surface area contributed by atoms with Crippen LogP contribution >= 0.6 is 0 Å². The van der Waals surface area contributed by atoms with Crippen molar-refractivity contribution in [3.8, 4) is 0 Å². The molecule has 2 aromatic heterocycles. The van der Waals surface area contributed by atoms with Gasteiger partial charge in [0.2, 0.25) is 11.8 Å². The fourth-order valence-electron chi connectivity index (χ4n) is 3.37. The first-order chi connectivity index (χ1) is 13.6. The highest BCUT2D eigenvalue weighted by Crippen LogP contribution is 2.23. The Morgan fingerprint density at radius 1 is 1.07 bits per heavy atom. The second-order valence-corrected chi connectivity index (χ2v) is 6.86. The lowest BCUT2D eigenvalue weighted by atomic mass is 9.97. The number of carbonyl (C=O) groups is 2. The largest absolute Gasteiger partial charge is 0.354 e. The van der Waals surface area contributed by atoms with Gasteiger partial charge in [0.05, 0.1) is 5.92 Å². The van der Waals surface area contributed by atoms with Crippen molar-refractivity contribution in [3.05, 3.63) is 42.7 Å². The average molecular weight is 379 g/mol. The molecule has 1 aliphatic heterocycles. The van der Waals surface area contributed by atoms with Crippen LogP contribution in [-0.2, 0) is 9.59 Å². The van der Waals surface area contributed by atoms with Crippen LogP contribution in [0.15, 0.2) is 42.7 Å². The summed E-state index contributed by atoms with van der Waals surface area (Å²) in [5.74, 6) is 0.548. The van der Waals surface area contributed by atoms with Crippen LogP contribution in [0.3, 0.4) is 0 Å². The Hall–Kier alpha value is -3.49. The Bertz CT molecular complexity index is 999. The van der Waals surface area contributed by atoms with Crippen molar-refractivity contribution in [2.75, 3.05) is 28.6 Å². The summed E-state index contributed by atoms with van der Waals surface area (Å²) >= 11 is 0. The summed E-state index contributed by atoms with van der Waals surface area (Å²) in [4.78, 5) is 25.9. The molecule has 1 aromatic carbocycles. The van der Waals surface area contributed by atoms with Gasteiger partial charge in [-0.05, 0) is 49.2 Å². The third-order valence-corrected chi connectivity index (χ3v) is 4.74. The zero-order chi connectivity index (χ0) is 19.5. The summed E-state index contributed by atoms with van der Waals surface area (Å²) in [6.45, 7) is 2.92. The van der Waals surface area contributed by atoms with Gasteiger partial charge < -0.3 is 15.5 Å². The van der Waals surface area contributed by atoms with Crippen molar-refractivity contribution in [1.82, 2.24) is 19.8 Å². The van der Waals surface area contributed by atoms with Crippen molar-refractivity contribution < 1.29 is 9.59 Å². The van der Waals surface area contributed by atoms with E-state index in [0.29, 0.717) is 23.6 Å². The summed E-state index contributed by atoms with van der Waals surface area (Å²) in [5.41, 5.74) is 2.10. The molecule has 28 heavy (non-hydrogen) atoms. The first-order valence-corrected chi connectivity index (χ1v) is 9.19. The minimum Gasteiger partial charge on any atom is -0.354 e. The highest BCUT2D eigenvalue weighted by atomic mass is 16.2. The van der Waals surface area contributed by atoms with E-state index >= 15 is 0 Å². The van der Waals surface area contributed by atoms with Crippen molar-refractivity contribution >= 4 is 34.7 Å². The Morgan fingerprint density at radius 2 is 1.82 bits per heavy atom. The molecule has 144 valence electrons. The summed E-state index contributed by atoms with van der Waals surface area (Å²) in [6, 6.07) is 10.9. The molecule has 2 amide bonds. The predicted molar refractivity (Wildman–Crippen MR) is 105 cm³/mol. The zero-order valence-electron chi connectivity index (χ0n) is 15.5. The molecule has 1 aliphatic rings. The lowest BCUT2D eigenvalue weighted by molar-refractivity contribution is -0.120. The van der Waals surface area contributed by atoms with Gasteiger partial charge in [-0.3, -0.25) is 9.59 Å². The van der Waals surface area contributed by atoms with Gasteiger partial charge in [0.25, 0.3) is 0 Å². The second kappa shape index (κ2) is 7.63. The SMILES string of the molecule is CC(=O)Nc1ccc(NC(=O)C2CCCN(c3ccc4nncn4n3)C2)cc1. The summed E-state index contributed by atoms with van der Waals surface area (Å²) in [6.07, 6.45) is 3.32. The Balaban J connectivity index is 1.40. The summed E-state index contributed by atoms with van der Waals surface area (Å²) < 4.78 is 1.63. The van der Waals surface area contributed by atoms with E-state index < -0.39 is 0 Å². The normalized spacial score (nSPS) is 16.8. The Kier molecular flexibility index (Phi) is 4.88. The standard InChI is InChI=1S/C19H21N7O2/c1-13(27)21-15-4-6-16(7-5-15)22-19(28)14-3-2-10-25(11-14)18-9-8-17-23-20-12-26(17)24-18/h4-9,12,14H,2-3,10-11H2,1H3,(H,21,27)(H,22,28). The number of nitrogens with one attached hydrogen (secondary N) is 2. The number of anilines is 3. The van der Waals surface area contributed by atoms with Crippen molar-refractivity contribution in [2.45, 2.75) is 19.8 Å². The van der Waals surface area contributed by atoms with Crippen LogP contribution in [0.25, 0.3) is 5.65 Å². The van der Waals surface area contributed by atoms with E-state index in [1.165, 1.54) is 6.92 Å². The molecule has 1 unspecified atom stereocenters. The zero-order valence-corrected chi connectivity index (χ0v) is 15.5. The topological polar surface area (TPSA) is 105 Å². The molecule has 3 aromatic rings. The van der Waals surface area contributed by atoms with Gasteiger partial charge in [0.15, 0.2) is 5.65 Å². The number of amides is 2. The molecule has 1 saturated heterocycles. The van der Waals surface area contributed by atoms with Gasteiger partial charge in [-0.2, -0.15) is 4.52 Å². The number of nitrogens with zero attached hydrogens (tertiary/aromatic N) is 5. The first-order valence-electron chi connectivity index (χ1n) is 9.19. The molecule has 0 aliphatic carbocycles. The van der Waals surface area contributed by atoms with Crippen LogP contribution in [0.2, 0.25) is 0 Å². The van der Waals surface area contributed by atoms with Crippen LogP contribution in [-0.4, -0.2) is 44.7 Å². The van der Waals surface area contributed by atoms with Gasteiger partial charge >= 0.3 is 0 Å². The smallest absolute Gasteiger partial charge is 0.229 e. The van der Waals surface area contributed by atoms with E-state index in [1.54, 1.807) is 35.1 Å². The number of aromatic nitrogens is 4. The molecule has 1 atom stereocenters. The van der Waals surface area contributed by atoms with Gasteiger partial charge in [-0.1, -0.05) is 0 Å². The molecular formula is C19H21N7O2. The van der Waals surface area contributed by atoms with E-state index in [0.717, 1.165) is 25.2 Å². The Morgan fingerprint density at radius 3 is 2.57 bits per heavy atom. The number of hydrogen-bond donors (Lipinski definition) is 2. The molecule has 3 heterocycles. The lowest BCUT2D eigenvalue weighted by Crippen LogP contribution is -2.41. The van der Waals surface area contributed by atoms with Crippen LogP contribution in [0.4, 0.5) is 17.2 Å². The third kappa shape index (κ3) is 3.93. The van der Waals surface area contributed by atoms with Crippen molar-refractivity contribution in [2.24, 2.45) is 5.92 Å². The highest BCUT2D eigenvalue weighted by Gasteiger charge is 2.27. The van der Waals surface area contributed by atoms with Gasteiger partial charge in [-0.15, -0.1) is 15.3 Å². The van der Waals surface area contributed by atoms with Crippen LogP contribution in [0.5, 0.6) is 0 Å². The predicted octanol–water partition coefficient (Wildman–Crippen LogP) is 1.94. The van der Waals surface area contributed by atoms with Gasteiger partial charge in [-0.25, -0.2) is 0 Å². The number of benzene rings is 1. The first kappa shape index (κ1) is 17.9. The van der Waals surface area contributed by atoms with Crippen molar-refractivity contribution in [1.29, 1.82) is 0 Å². The number of hydrogen-bond acceptors (Lipinski definition) is 6. The number of carbonyl (C=O) groups excluding carboxylic acids is 2. The van der Waals surface area contributed by atoms with Crippen molar-refractivity contribution in [3.63, 3.8) is 0 Å². The van der Waals surface area contributed by atoms with E-state index in [1.807, 2.05) is 12.1 Å². The molecule has 4 rings (SSSR count). The second-order valence-electron chi connectivity index (χ2n) is 6.86. The number of fused-ring (bicyclic) bond motifs is 1. The van der Waals surface area contributed by atoms with Gasteiger partial charge in [0.1, 0.15) is 12.1 Å². The van der Waals surface area contributed by atoms with Gasteiger partial charge in [0, 0.05) is 31.4 Å². The van der Waals surface area contributed by atoms with Crippen LogP contribution in [0, 0.1) is 5.92 Å². The molecule has 0 bridgehead atoms. The lowest BCUT2D eigenvalue weighted by Gasteiger charge is -2.32. The molecule has 9 heteroatoms. The summed E-state index contributed by atoms with van der Waals surface area (Å²) in [7, 11) is 0. The molecule has 2 N–H and O–H groups in total. The average Bonchev–Trinajstić information content (AvgIpc) is 3.17. The van der Waals surface area contributed by atoms with Crippen LogP contribution < -0.4 is 15.5 Å². The highest BCUT2D eigenvalue weighted by molar-refractivity contribution is 5.94. The summed E-state index contributed by atoms with van der Waals surface area (Å²) in [5, 5.41) is 18.0. The van der Waals surface area contributed by atoms with E-state index in [2.05, 4.69) is 30.8 Å². The molecule has 9 nitrogen and oxygen atoms in total. The fourth-order valence-corrected chi connectivity index (χ4v) is 3.37. The monoisotopic (exact) mass is 379 g/mol. The maximum absolute atomic E-state index is 12.7. The van der Waals surface area contributed by atoms with Crippen LogP contribution in [0.1, 0.15) is 19.8 Å². The maximum Gasteiger partial charge on any atom is 0.229 e. The third-order valence-electron chi connectivity index (χ3n) is 4.74. The minimum atomic E-state index is -0.127. The molecule has 0 spiro atoms. The number of rotatable bonds is 4. The van der Waals surface area contributed by atoms with E-state index in [4.69, 9.17) is 0 Å².